The van der Waals surface area contributed by atoms with Crippen molar-refractivity contribution in [3.63, 3.8) is 0 Å². The van der Waals surface area contributed by atoms with Crippen LogP contribution in [0, 0.1) is 0 Å². The van der Waals surface area contributed by atoms with E-state index in [1.165, 1.54) is 0 Å². The van der Waals surface area contributed by atoms with E-state index < -0.39 is 12.0 Å². The van der Waals surface area contributed by atoms with E-state index in [-0.39, 0.29) is 0 Å². The molecular formula is C12H17NO3. The zero-order valence-electron chi connectivity index (χ0n) is 9.56. The average molecular weight is 223 g/mol. The van der Waals surface area contributed by atoms with Gasteiger partial charge in [-0.1, -0.05) is 19.1 Å². The van der Waals surface area contributed by atoms with Crippen LogP contribution in [0.25, 0.3) is 0 Å². The number of rotatable bonds is 6. The number of methoxy groups -OCH3 is 1. The molecule has 0 aromatic heterocycles. The van der Waals surface area contributed by atoms with Crippen LogP contribution in [0.1, 0.15) is 24.9 Å². The number of nitrogens with one attached hydrogen (secondary N) is 1. The van der Waals surface area contributed by atoms with Crippen molar-refractivity contribution in [2.75, 3.05) is 13.7 Å². The second-order valence-electron chi connectivity index (χ2n) is 3.50. The molecule has 1 unspecified atom stereocenters. The Labute approximate surface area is 95.2 Å². The van der Waals surface area contributed by atoms with Gasteiger partial charge in [0.05, 0.1) is 7.11 Å². The van der Waals surface area contributed by atoms with E-state index in [9.17, 15) is 4.79 Å². The smallest absolute Gasteiger partial charge is 0.325 e. The molecule has 2 N–H and O–H groups in total. The summed E-state index contributed by atoms with van der Waals surface area (Å²) in [6.45, 7) is 2.67. The van der Waals surface area contributed by atoms with Crippen molar-refractivity contribution < 1.29 is 14.6 Å². The van der Waals surface area contributed by atoms with E-state index in [1.54, 1.807) is 31.4 Å². The third kappa shape index (κ3) is 3.24. The lowest BCUT2D eigenvalue weighted by molar-refractivity contribution is -0.139. The van der Waals surface area contributed by atoms with Gasteiger partial charge >= 0.3 is 5.97 Å². The topological polar surface area (TPSA) is 58.6 Å². The molecule has 4 heteroatoms. The standard InChI is InChI=1S/C12H17NO3/c1-3-7-13-11(12(14)15)9-5-4-6-10(8-9)16-2/h4-6,8,11,13H,3,7H2,1-2H3,(H,14,15). The summed E-state index contributed by atoms with van der Waals surface area (Å²) in [5.41, 5.74) is 0.709. The van der Waals surface area contributed by atoms with Crippen LogP contribution in [0.4, 0.5) is 0 Å². The maximum Gasteiger partial charge on any atom is 0.325 e. The van der Waals surface area contributed by atoms with Crippen LogP contribution >= 0.6 is 0 Å². The van der Waals surface area contributed by atoms with Gasteiger partial charge in [0.25, 0.3) is 0 Å². The van der Waals surface area contributed by atoms with Crippen molar-refractivity contribution in [1.29, 1.82) is 0 Å². The zero-order chi connectivity index (χ0) is 12.0. The highest BCUT2D eigenvalue weighted by Crippen LogP contribution is 2.19. The number of carboxylic acids is 1. The molecule has 0 aliphatic heterocycles. The lowest BCUT2D eigenvalue weighted by Crippen LogP contribution is -2.29. The number of carboxylic acid groups (broad SMARTS) is 1. The van der Waals surface area contributed by atoms with Crippen LogP contribution in [0.5, 0.6) is 5.75 Å². The first-order valence-corrected chi connectivity index (χ1v) is 5.29. The Hall–Kier alpha value is -1.55. The van der Waals surface area contributed by atoms with Crippen molar-refractivity contribution in [3.05, 3.63) is 29.8 Å². The SMILES string of the molecule is CCCNC(C(=O)O)c1cccc(OC)c1. The molecular weight excluding hydrogens is 206 g/mol. The highest BCUT2D eigenvalue weighted by molar-refractivity contribution is 5.75. The van der Waals surface area contributed by atoms with Crippen molar-refractivity contribution in [2.45, 2.75) is 19.4 Å². The van der Waals surface area contributed by atoms with E-state index >= 15 is 0 Å². The summed E-state index contributed by atoms with van der Waals surface area (Å²) in [4.78, 5) is 11.1. The van der Waals surface area contributed by atoms with Gasteiger partial charge < -0.3 is 15.2 Å². The fraction of sp³-hybridized carbons (Fsp3) is 0.417. The molecule has 0 bridgehead atoms. The molecule has 0 heterocycles. The number of ether oxygens (including phenoxy) is 1. The Balaban J connectivity index is 2.87. The van der Waals surface area contributed by atoms with Crippen molar-refractivity contribution >= 4 is 5.97 Å². The molecule has 4 nitrogen and oxygen atoms in total. The normalized spacial score (nSPS) is 12.1. The number of hydrogen-bond acceptors (Lipinski definition) is 3. The van der Waals surface area contributed by atoms with Crippen LogP contribution in [-0.4, -0.2) is 24.7 Å². The monoisotopic (exact) mass is 223 g/mol. The van der Waals surface area contributed by atoms with E-state index in [0.717, 1.165) is 6.42 Å². The lowest BCUT2D eigenvalue weighted by Gasteiger charge is -2.14. The summed E-state index contributed by atoms with van der Waals surface area (Å²) >= 11 is 0. The Kier molecular flexibility index (Phi) is 4.79. The summed E-state index contributed by atoms with van der Waals surface area (Å²) in [5.74, 6) is -0.205. The van der Waals surface area contributed by atoms with E-state index in [0.29, 0.717) is 17.9 Å². The summed E-state index contributed by atoms with van der Waals surface area (Å²) < 4.78 is 5.07. The first-order valence-electron chi connectivity index (χ1n) is 5.29. The van der Waals surface area contributed by atoms with Gasteiger partial charge in [0.1, 0.15) is 11.8 Å². The maximum absolute atomic E-state index is 11.1. The molecule has 0 aliphatic carbocycles. The number of hydrogen-bond donors (Lipinski definition) is 2. The molecule has 1 atom stereocenters. The van der Waals surface area contributed by atoms with E-state index in [2.05, 4.69) is 5.32 Å². The fourth-order valence-electron chi connectivity index (χ4n) is 1.46. The lowest BCUT2D eigenvalue weighted by atomic mass is 10.1. The quantitative estimate of drug-likeness (QED) is 0.772. The molecule has 1 aromatic carbocycles. The molecule has 0 aliphatic rings. The Morgan fingerprint density at radius 3 is 2.88 bits per heavy atom. The number of aliphatic carboxylic acids is 1. The molecule has 0 fully saturated rings. The molecule has 0 amide bonds. The Morgan fingerprint density at radius 1 is 1.56 bits per heavy atom. The second-order valence-corrected chi connectivity index (χ2v) is 3.50. The number of carbonyl (C=O) groups is 1. The molecule has 16 heavy (non-hydrogen) atoms. The van der Waals surface area contributed by atoms with Gasteiger partial charge in [-0.3, -0.25) is 4.79 Å². The summed E-state index contributed by atoms with van der Waals surface area (Å²) in [5, 5.41) is 12.1. The van der Waals surface area contributed by atoms with Crippen LogP contribution < -0.4 is 10.1 Å². The minimum absolute atomic E-state index is 0.669. The van der Waals surface area contributed by atoms with Gasteiger partial charge in [0, 0.05) is 0 Å². The van der Waals surface area contributed by atoms with Gasteiger partial charge in [-0.05, 0) is 30.7 Å². The van der Waals surface area contributed by atoms with Gasteiger partial charge in [-0.25, -0.2) is 0 Å². The minimum Gasteiger partial charge on any atom is -0.497 e. The largest absolute Gasteiger partial charge is 0.497 e. The number of benzene rings is 1. The molecule has 0 radical (unpaired) electrons. The maximum atomic E-state index is 11.1. The van der Waals surface area contributed by atoms with Crippen molar-refractivity contribution in [2.24, 2.45) is 0 Å². The molecule has 88 valence electrons. The fourth-order valence-corrected chi connectivity index (χ4v) is 1.46. The van der Waals surface area contributed by atoms with Crippen molar-refractivity contribution in [3.8, 4) is 5.75 Å². The predicted octanol–water partition coefficient (Wildman–Crippen LogP) is 1.82. The predicted molar refractivity (Wildman–Crippen MR) is 61.7 cm³/mol. The van der Waals surface area contributed by atoms with Gasteiger partial charge in [-0.2, -0.15) is 0 Å². The van der Waals surface area contributed by atoms with Crippen LogP contribution in [-0.2, 0) is 4.79 Å². The van der Waals surface area contributed by atoms with Gasteiger partial charge in [0.15, 0.2) is 0 Å². The molecule has 0 spiro atoms. The highest BCUT2D eigenvalue weighted by Gasteiger charge is 2.18. The van der Waals surface area contributed by atoms with E-state index in [1.807, 2.05) is 6.92 Å². The van der Waals surface area contributed by atoms with E-state index in [4.69, 9.17) is 9.84 Å². The second kappa shape index (κ2) is 6.12. The van der Waals surface area contributed by atoms with Crippen LogP contribution in [0.3, 0.4) is 0 Å². The van der Waals surface area contributed by atoms with Crippen molar-refractivity contribution in [1.82, 2.24) is 5.32 Å². The molecule has 0 saturated heterocycles. The summed E-state index contributed by atoms with van der Waals surface area (Å²) in [7, 11) is 1.56. The summed E-state index contributed by atoms with van der Waals surface area (Å²) in [6, 6.07) is 6.43. The van der Waals surface area contributed by atoms with Gasteiger partial charge in [-0.15, -0.1) is 0 Å². The average Bonchev–Trinajstić information content (AvgIpc) is 2.29. The highest BCUT2D eigenvalue weighted by atomic mass is 16.5. The third-order valence-electron chi connectivity index (χ3n) is 2.27. The molecule has 0 saturated carbocycles. The Bertz CT molecular complexity index is 352. The van der Waals surface area contributed by atoms with Crippen LogP contribution in [0.15, 0.2) is 24.3 Å². The van der Waals surface area contributed by atoms with Crippen LogP contribution in [0.2, 0.25) is 0 Å². The third-order valence-corrected chi connectivity index (χ3v) is 2.27. The molecule has 1 rings (SSSR count). The van der Waals surface area contributed by atoms with Gasteiger partial charge in [0.2, 0.25) is 0 Å². The Morgan fingerprint density at radius 2 is 2.31 bits per heavy atom. The first-order chi connectivity index (χ1) is 7.69. The summed E-state index contributed by atoms with van der Waals surface area (Å²) in [6.07, 6.45) is 0.897. The zero-order valence-corrected chi connectivity index (χ0v) is 9.56. The first kappa shape index (κ1) is 12.5. The molecule has 1 aromatic rings. The minimum atomic E-state index is -0.873.